The zero-order valence-corrected chi connectivity index (χ0v) is 14.3. The second-order valence-corrected chi connectivity index (χ2v) is 8.60. The van der Waals surface area contributed by atoms with Crippen molar-refractivity contribution in [2.24, 2.45) is 0 Å². The monoisotopic (exact) mass is 340 g/mol. The molecule has 0 spiro atoms. The van der Waals surface area contributed by atoms with Gasteiger partial charge in [0.05, 0.1) is 6.20 Å². The van der Waals surface area contributed by atoms with Crippen LogP contribution in [0.2, 0.25) is 0 Å². The molecule has 0 saturated carbocycles. The van der Waals surface area contributed by atoms with Crippen molar-refractivity contribution in [2.45, 2.75) is 49.9 Å². The van der Waals surface area contributed by atoms with Gasteiger partial charge in [0, 0.05) is 18.5 Å². The Hall–Kier alpha value is -1.90. The van der Waals surface area contributed by atoms with Gasteiger partial charge in [-0.1, -0.05) is 25.9 Å². The number of oxazole rings is 1. The smallest absolute Gasteiger partial charge is 0.324 e. The number of anilines is 1. The number of hydrogen-bond donors (Lipinski definition) is 0. The molecule has 3 heterocycles. The van der Waals surface area contributed by atoms with Crippen molar-refractivity contribution in [3.8, 4) is 0 Å². The third-order valence-corrected chi connectivity index (χ3v) is 5.03. The number of sulfone groups is 1. The maximum atomic E-state index is 12.4. The van der Waals surface area contributed by atoms with E-state index in [9.17, 15) is 8.42 Å². The molecule has 1 aliphatic heterocycles. The number of aromatic nitrogens is 3. The fraction of sp³-hybridized carbons (Fsp3) is 0.643. The molecule has 2 aromatic rings. The molecule has 2 aromatic heterocycles. The molecule has 0 atom stereocenters. The van der Waals surface area contributed by atoms with Gasteiger partial charge in [0.25, 0.3) is 0 Å². The first-order chi connectivity index (χ1) is 10.8. The van der Waals surface area contributed by atoms with E-state index in [0.717, 1.165) is 25.9 Å². The predicted octanol–water partition coefficient (Wildman–Crippen LogP) is 1.93. The Morgan fingerprint density at radius 2 is 1.96 bits per heavy atom. The van der Waals surface area contributed by atoms with Crippen LogP contribution < -0.4 is 4.90 Å². The van der Waals surface area contributed by atoms with E-state index in [1.54, 1.807) is 0 Å². The summed E-state index contributed by atoms with van der Waals surface area (Å²) in [6.07, 6.45) is 3.38. The van der Waals surface area contributed by atoms with E-state index < -0.39 is 9.84 Å². The van der Waals surface area contributed by atoms with E-state index in [0.29, 0.717) is 11.9 Å². The van der Waals surface area contributed by atoms with Crippen LogP contribution in [0.4, 0.5) is 6.01 Å². The molecule has 1 aliphatic rings. The van der Waals surface area contributed by atoms with Crippen molar-refractivity contribution in [2.75, 3.05) is 18.0 Å². The summed E-state index contributed by atoms with van der Waals surface area (Å²) in [4.78, 5) is 10.2. The quantitative estimate of drug-likeness (QED) is 0.832. The van der Waals surface area contributed by atoms with Gasteiger partial charge in [0.15, 0.2) is 5.82 Å². The molecule has 8 nitrogen and oxygen atoms in total. The minimum Gasteiger partial charge on any atom is -0.429 e. The zero-order valence-electron chi connectivity index (χ0n) is 13.4. The van der Waals surface area contributed by atoms with E-state index in [2.05, 4.69) is 15.1 Å². The first kappa shape index (κ1) is 16.0. The van der Waals surface area contributed by atoms with Crippen molar-refractivity contribution in [1.82, 2.24) is 15.1 Å². The van der Waals surface area contributed by atoms with Gasteiger partial charge in [-0.15, -0.1) is 0 Å². The van der Waals surface area contributed by atoms with E-state index >= 15 is 0 Å². The average molecular weight is 340 g/mol. The van der Waals surface area contributed by atoms with Crippen LogP contribution in [0.5, 0.6) is 0 Å². The summed E-state index contributed by atoms with van der Waals surface area (Å²) in [7, 11) is -3.70. The zero-order chi connectivity index (χ0) is 16.7. The number of nitrogens with zero attached hydrogens (tertiary/aromatic N) is 4. The van der Waals surface area contributed by atoms with Gasteiger partial charge in [-0.05, 0) is 12.8 Å². The number of hydrogen-bond acceptors (Lipinski definition) is 8. The molecular formula is C14H20N4O4S. The van der Waals surface area contributed by atoms with Crippen LogP contribution in [0.25, 0.3) is 0 Å². The largest absolute Gasteiger partial charge is 0.429 e. The van der Waals surface area contributed by atoms with Crippen molar-refractivity contribution in [1.29, 1.82) is 0 Å². The summed E-state index contributed by atoms with van der Waals surface area (Å²) in [5.41, 5.74) is -0.358. The topological polar surface area (TPSA) is 102 Å². The molecule has 126 valence electrons. The molecule has 3 rings (SSSR count). The predicted molar refractivity (Wildman–Crippen MR) is 81.8 cm³/mol. The Morgan fingerprint density at radius 3 is 2.57 bits per heavy atom. The van der Waals surface area contributed by atoms with Gasteiger partial charge in [-0.3, -0.25) is 0 Å². The molecule has 9 heteroatoms. The van der Waals surface area contributed by atoms with Crippen LogP contribution in [0.3, 0.4) is 0 Å². The first-order valence-corrected chi connectivity index (χ1v) is 9.17. The lowest BCUT2D eigenvalue weighted by Crippen LogP contribution is -2.18. The molecule has 23 heavy (non-hydrogen) atoms. The molecule has 0 unspecified atom stereocenters. The Kier molecular flexibility index (Phi) is 3.91. The summed E-state index contributed by atoms with van der Waals surface area (Å²) >= 11 is 0. The second kappa shape index (κ2) is 5.63. The molecule has 0 bridgehead atoms. The molecule has 1 fully saturated rings. The summed E-state index contributed by atoms with van der Waals surface area (Å²) < 4.78 is 35.3. The van der Waals surface area contributed by atoms with Gasteiger partial charge in [0.1, 0.15) is 5.75 Å². The molecule has 0 radical (unpaired) electrons. The Labute approximate surface area is 134 Å². The molecule has 0 amide bonds. The Bertz CT molecular complexity index is 782. The van der Waals surface area contributed by atoms with Gasteiger partial charge >= 0.3 is 6.01 Å². The highest BCUT2D eigenvalue weighted by molar-refractivity contribution is 7.90. The van der Waals surface area contributed by atoms with E-state index in [-0.39, 0.29) is 22.1 Å². The fourth-order valence-corrected chi connectivity index (χ4v) is 3.35. The number of rotatable bonds is 4. The van der Waals surface area contributed by atoms with Crippen LogP contribution in [-0.2, 0) is 21.0 Å². The standard InChI is InChI=1S/C14H20N4O4S/c1-14(2,3)12-15-8-11(21-12)23(19,20)9-10-16-13(22-17-10)18-6-4-5-7-18/h8H,4-7,9H2,1-3H3. The maximum absolute atomic E-state index is 12.4. The van der Waals surface area contributed by atoms with Crippen LogP contribution in [0.1, 0.15) is 45.3 Å². The Morgan fingerprint density at radius 1 is 1.26 bits per heavy atom. The van der Waals surface area contributed by atoms with Crippen LogP contribution in [-0.4, -0.2) is 36.6 Å². The highest BCUT2D eigenvalue weighted by Gasteiger charge is 2.28. The lowest BCUT2D eigenvalue weighted by atomic mass is 9.97. The molecule has 0 aromatic carbocycles. The minimum atomic E-state index is -3.70. The SMILES string of the molecule is CC(C)(C)c1ncc(S(=O)(=O)Cc2noc(N3CCCC3)n2)o1. The molecular weight excluding hydrogens is 320 g/mol. The summed E-state index contributed by atoms with van der Waals surface area (Å²) in [5.74, 6) is 0.130. The average Bonchev–Trinajstić information content (AvgIpc) is 3.19. The lowest BCUT2D eigenvalue weighted by molar-refractivity contribution is 0.343. The van der Waals surface area contributed by atoms with Gasteiger partial charge < -0.3 is 13.8 Å². The lowest BCUT2D eigenvalue weighted by Gasteiger charge is -2.11. The van der Waals surface area contributed by atoms with E-state index in [1.807, 2.05) is 25.7 Å². The van der Waals surface area contributed by atoms with Gasteiger partial charge in [-0.2, -0.15) is 4.98 Å². The Balaban J connectivity index is 1.77. The summed E-state index contributed by atoms with van der Waals surface area (Å²) in [6.45, 7) is 7.40. The van der Waals surface area contributed by atoms with Crippen LogP contribution in [0, 0.1) is 0 Å². The third kappa shape index (κ3) is 3.39. The second-order valence-electron chi connectivity index (χ2n) is 6.68. The molecule has 0 aliphatic carbocycles. The van der Waals surface area contributed by atoms with Gasteiger partial charge in [-0.25, -0.2) is 13.4 Å². The van der Waals surface area contributed by atoms with E-state index in [1.165, 1.54) is 6.20 Å². The molecule has 1 saturated heterocycles. The maximum Gasteiger partial charge on any atom is 0.324 e. The summed E-state index contributed by atoms with van der Waals surface area (Å²) in [5, 5.41) is 3.59. The minimum absolute atomic E-state index is 0.126. The summed E-state index contributed by atoms with van der Waals surface area (Å²) in [6, 6.07) is 0.376. The van der Waals surface area contributed by atoms with Crippen molar-refractivity contribution in [3.05, 3.63) is 17.9 Å². The van der Waals surface area contributed by atoms with E-state index in [4.69, 9.17) is 8.94 Å². The van der Waals surface area contributed by atoms with Crippen LogP contribution >= 0.6 is 0 Å². The van der Waals surface area contributed by atoms with Crippen molar-refractivity contribution >= 4 is 15.9 Å². The third-order valence-electron chi connectivity index (χ3n) is 3.59. The molecule has 0 N–H and O–H groups in total. The first-order valence-electron chi connectivity index (χ1n) is 7.52. The van der Waals surface area contributed by atoms with Crippen molar-refractivity contribution in [3.63, 3.8) is 0 Å². The normalized spacial score (nSPS) is 16.2. The van der Waals surface area contributed by atoms with Gasteiger partial charge in [0.2, 0.25) is 20.8 Å². The highest BCUT2D eigenvalue weighted by atomic mass is 32.2. The fourth-order valence-electron chi connectivity index (χ4n) is 2.33. The van der Waals surface area contributed by atoms with Crippen LogP contribution in [0.15, 0.2) is 20.2 Å². The highest BCUT2D eigenvalue weighted by Crippen LogP contribution is 2.25. The van der Waals surface area contributed by atoms with Crippen molar-refractivity contribution < 1.29 is 17.4 Å².